The summed E-state index contributed by atoms with van der Waals surface area (Å²) in [7, 11) is 0. The SMILES string of the molecule is CC1CCC(CC(=O)N2CC[C@@H](N)C2)C1.Cl. The number of rotatable bonds is 2. The molecule has 0 aromatic rings. The number of carbonyl (C=O) groups excluding carboxylic acids is 1. The van der Waals surface area contributed by atoms with E-state index < -0.39 is 0 Å². The molecule has 1 saturated heterocycles. The molecule has 2 N–H and O–H groups in total. The van der Waals surface area contributed by atoms with E-state index in [1.807, 2.05) is 4.90 Å². The molecule has 2 rings (SSSR count). The number of nitrogens with zero attached hydrogens (tertiary/aromatic N) is 1. The van der Waals surface area contributed by atoms with Gasteiger partial charge in [-0.15, -0.1) is 12.4 Å². The summed E-state index contributed by atoms with van der Waals surface area (Å²) < 4.78 is 0. The van der Waals surface area contributed by atoms with Crippen LogP contribution in [-0.2, 0) is 4.79 Å². The minimum atomic E-state index is 0. The third-order valence-corrected chi connectivity index (χ3v) is 3.84. The number of amides is 1. The minimum Gasteiger partial charge on any atom is -0.341 e. The van der Waals surface area contributed by atoms with Crippen LogP contribution >= 0.6 is 12.4 Å². The number of nitrogens with two attached hydrogens (primary N) is 1. The van der Waals surface area contributed by atoms with Gasteiger partial charge >= 0.3 is 0 Å². The Morgan fingerprint density at radius 2 is 2.12 bits per heavy atom. The highest BCUT2D eigenvalue weighted by Gasteiger charge is 2.28. The molecule has 1 amide bonds. The van der Waals surface area contributed by atoms with Crippen LogP contribution in [0.1, 0.15) is 39.0 Å². The normalized spacial score (nSPS) is 33.9. The predicted octanol–water partition coefficient (Wildman–Crippen LogP) is 1.79. The Kier molecular flexibility index (Phi) is 5.06. The lowest BCUT2D eigenvalue weighted by molar-refractivity contribution is -0.131. The van der Waals surface area contributed by atoms with Gasteiger partial charge in [-0.25, -0.2) is 0 Å². The molecular formula is C12H23ClN2O. The van der Waals surface area contributed by atoms with Crippen molar-refractivity contribution in [3.05, 3.63) is 0 Å². The molecule has 4 heteroatoms. The van der Waals surface area contributed by atoms with Crippen molar-refractivity contribution in [2.24, 2.45) is 17.6 Å². The van der Waals surface area contributed by atoms with Gasteiger partial charge in [0.15, 0.2) is 0 Å². The second-order valence-corrected chi connectivity index (χ2v) is 5.38. The fourth-order valence-electron chi connectivity index (χ4n) is 2.90. The Hall–Kier alpha value is -0.280. The molecule has 1 aliphatic carbocycles. The van der Waals surface area contributed by atoms with Gasteiger partial charge in [0.25, 0.3) is 0 Å². The Bertz CT molecular complexity index is 247. The van der Waals surface area contributed by atoms with E-state index in [1.54, 1.807) is 0 Å². The van der Waals surface area contributed by atoms with E-state index in [2.05, 4.69) is 6.92 Å². The molecule has 3 atom stereocenters. The van der Waals surface area contributed by atoms with Crippen LogP contribution in [0.3, 0.4) is 0 Å². The first-order valence-corrected chi connectivity index (χ1v) is 6.18. The monoisotopic (exact) mass is 246 g/mol. The van der Waals surface area contributed by atoms with Crippen molar-refractivity contribution < 1.29 is 4.79 Å². The maximum Gasteiger partial charge on any atom is 0.222 e. The molecule has 3 nitrogen and oxygen atoms in total. The van der Waals surface area contributed by atoms with Gasteiger partial charge in [0.05, 0.1) is 0 Å². The van der Waals surface area contributed by atoms with Crippen LogP contribution in [0.25, 0.3) is 0 Å². The Balaban J connectivity index is 0.00000128. The van der Waals surface area contributed by atoms with Crippen LogP contribution < -0.4 is 5.73 Å². The fourth-order valence-corrected chi connectivity index (χ4v) is 2.90. The first-order valence-electron chi connectivity index (χ1n) is 6.18. The van der Waals surface area contributed by atoms with Gasteiger partial charge < -0.3 is 10.6 Å². The summed E-state index contributed by atoms with van der Waals surface area (Å²) in [6.07, 6.45) is 5.53. The number of carbonyl (C=O) groups is 1. The summed E-state index contributed by atoms with van der Waals surface area (Å²) in [6, 6.07) is 0.219. The smallest absolute Gasteiger partial charge is 0.222 e. The first kappa shape index (κ1) is 13.8. The number of likely N-dealkylation sites (tertiary alicyclic amines) is 1. The van der Waals surface area contributed by atoms with E-state index in [-0.39, 0.29) is 18.4 Å². The van der Waals surface area contributed by atoms with Gasteiger partial charge in [-0.2, -0.15) is 0 Å². The average molecular weight is 247 g/mol. The molecule has 0 aromatic carbocycles. The van der Waals surface area contributed by atoms with Crippen LogP contribution in [-0.4, -0.2) is 29.9 Å². The van der Waals surface area contributed by atoms with Gasteiger partial charge in [0, 0.05) is 25.6 Å². The lowest BCUT2D eigenvalue weighted by Crippen LogP contribution is -2.32. The zero-order chi connectivity index (χ0) is 10.8. The van der Waals surface area contributed by atoms with Crippen molar-refractivity contribution in [3.8, 4) is 0 Å². The molecule has 16 heavy (non-hydrogen) atoms. The van der Waals surface area contributed by atoms with Crippen LogP contribution in [0.5, 0.6) is 0 Å². The molecule has 0 bridgehead atoms. The quantitative estimate of drug-likeness (QED) is 0.808. The Labute approximate surface area is 104 Å². The highest BCUT2D eigenvalue weighted by molar-refractivity contribution is 5.85. The molecule has 1 saturated carbocycles. The van der Waals surface area contributed by atoms with Gasteiger partial charge in [0.2, 0.25) is 5.91 Å². The highest BCUT2D eigenvalue weighted by Crippen LogP contribution is 2.33. The molecule has 2 fully saturated rings. The zero-order valence-corrected chi connectivity index (χ0v) is 10.8. The number of halogens is 1. The Morgan fingerprint density at radius 1 is 1.38 bits per heavy atom. The van der Waals surface area contributed by atoms with E-state index >= 15 is 0 Å². The van der Waals surface area contributed by atoms with Crippen molar-refractivity contribution >= 4 is 18.3 Å². The highest BCUT2D eigenvalue weighted by atomic mass is 35.5. The van der Waals surface area contributed by atoms with E-state index in [1.165, 1.54) is 19.3 Å². The van der Waals surface area contributed by atoms with Crippen molar-refractivity contribution in [1.29, 1.82) is 0 Å². The third-order valence-electron chi connectivity index (χ3n) is 3.84. The van der Waals surface area contributed by atoms with Crippen molar-refractivity contribution in [3.63, 3.8) is 0 Å². The lowest BCUT2D eigenvalue weighted by Gasteiger charge is -2.18. The summed E-state index contributed by atoms with van der Waals surface area (Å²) in [4.78, 5) is 13.9. The maximum absolute atomic E-state index is 11.9. The largest absolute Gasteiger partial charge is 0.341 e. The van der Waals surface area contributed by atoms with E-state index in [0.717, 1.165) is 31.8 Å². The summed E-state index contributed by atoms with van der Waals surface area (Å²) in [5.74, 6) is 1.80. The van der Waals surface area contributed by atoms with E-state index in [9.17, 15) is 4.79 Å². The van der Waals surface area contributed by atoms with Crippen LogP contribution in [0.4, 0.5) is 0 Å². The summed E-state index contributed by atoms with van der Waals surface area (Å²) in [6.45, 7) is 3.94. The predicted molar refractivity (Wildman–Crippen MR) is 67.5 cm³/mol. The van der Waals surface area contributed by atoms with Crippen LogP contribution in [0.15, 0.2) is 0 Å². The van der Waals surface area contributed by atoms with Gasteiger partial charge in [-0.05, 0) is 31.1 Å². The fraction of sp³-hybridized carbons (Fsp3) is 0.917. The summed E-state index contributed by atoms with van der Waals surface area (Å²) in [5, 5.41) is 0. The molecule has 2 unspecified atom stereocenters. The number of hydrogen-bond donors (Lipinski definition) is 1. The van der Waals surface area contributed by atoms with Crippen molar-refractivity contribution in [2.75, 3.05) is 13.1 Å². The second-order valence-electron chi connectivity index (χ2n) is 5.38. The maximum atomic E-state index is 11.9. The molecule has 1 aliphatic heterocycles. The van der Waals surface area contributed by atoms with Gasteiger partial charge in [-0.1, -0.05) is 13.3 Å². The number of hydrogen-bond acceptors (Lipinski definition) is 2. The van der Waals surface area contributed by atoms with Crippen LogP contribution in [0.2, 0.25) is 0 Å². The van der Waals surface area contributed by atoms with E-state index in [4.69, 9.17) is 5.73 Å². The third kappa shape index (κ3) is 3.36. The summed E-state index contributed by atoms with van der Waals surface area (Å²) in [5.41, 5.74) is 5.80. The minimum absolute atomic E-state index is 0. The van der Waals surface area contributed by atoms with E-state index in [0.29, 0.717) is 11.8 Å². The van der Waals surface area contributed by atoms with Gasteiger partial charge in [-0.3, -0.25) is 4.79 Å². The first-order chi connectivity index (χ1) is 7.15. The molecule has 0 spiro atoms. The topological polar surface area (TPSA) is 46.3 Å². The van der Waals surface area contributed by atoms with Crippen molar-refractivity contribution in [1.82, 2.24) is 4.90 Å². The van der Waals surface area contributed by atoms with Crippen LogP contribution in [0, 0.1) is 11.8 Å². The standard InChI is InChI=1S/C12H22N2O.ClH/c1-9-2-3-10(6-9)7-12(15)14-5-4-11(13)8-14;/h9-11H,2-8,13H2,1H3;1H/t9?,10?,11-;/m1./s1. The molecule has 1 heterocycles. The molecule has 0 radical (unpaired) electrons. The molecule has 2 aliphatic rings. The summed E-state index contributed by atoms with van der Waals surface area (Å²) >= 11 is 0. The lowest BCUT2D eigenvalue weighted by atomic mass is 10.0. The van der Waals surface area contributed by atoms with Gasteiger partial charge in [0.1, 0.15) is 0 Å². The second kappa shape index (κ2) is 5.87. The zero-order valence-electron chi connectivity index (χ0n) is 10.0. The Morgan fingerprint density at radius 3 is 2.62 bits per heavy atom. The van der Waals surface area contributed by atoms with Crippen molar-refractivity contribution in [2.45, 2.75) is 45.1 Å². The molecule has 94 valence electrons. The molecule has 0 aromatic heterocycles. The average Bonchev–Trinajstić information content (AvgIpc) is 2.75. The molecular weight excluding hydrogens is 224 g/mol.